The second-order valence-corrected chi connectivity index (χ2v) is 8.76. The number of carbonyl (C=O) groups is 1. The van der Waals surface area contributed by atoms with Gasteiger partial charge in [0.15, 0.2) is 5.58 Å². The summed E-state index contributed by atoms with van der Waals surface area (Å²) >= 11 is 1.34. The zero-order chi connectivity index (χ0) is 21.4. The number of aromatic nitrogens is 2. The third-order valence-electron chi connectivity index (χ3n) is 5.58. The minimum Gasteiger partial charge on any atom is -0.356 e. The Morgan fingerprint density at radius 2 is 1.87 bits per heavy atom. The maximum absolute atomic E-state index is 13.2. The molecule has 2 aromatic heterocycles. The second-order valence-electron chi connectivity index (χ2n) is 7.73. The Morgan fingerprint density at radius 3 is 2.71 bits per heavy atom. The van der Waals surface area contributed by atoms with E-state index in [9.17, 15) is 9.18 Å². The van der Waals surface area contributed by atoms with Gasteiger partial charge in [0.05, 0.1) is 11.6 Å². The number of nitrogens with zero attached hydrogens (tertiary/aromatic N) is 4. The molecule has 6 nitrogen and oxygen atoms in total. The SMILES string of the molecule is CN1CCCN(C(=O)c2cnc(-c3noc4cc(-c5ccc(F)cc5)ccc34)s2)CC1. The molecule has 0 aliphatic carbocycles. The first-order valence-corrected chi connectivity index (χ1v) is 11.0. The summed E-state index contributed by atoms with van der Waals surface area (Å²) in [6.45, 7) is 3.36. The van der Waals surface area contributed by atoms with Crippen molar-refractivity contribution in [1.29, 1.82) is 0 Å². The molecule has 0 bridgehead atoms. The van der Waals surface area contributed by atoms with Crippen molar-refractivity contribution in [2.45, 2.75) is 6.42 Å². The summed E-state index contributed by atoms with van der Waals surface area (Å²) in [5.74, 6) is -0.251. The number of fused-ring (bicyclic) bond motifs is 1. The first-order valence-electron chi connectivity index (χ1n) is 10.2. The summed E-state index contributed by atoms with van der Waals surface area (Å²) in [7, 11) is 2.08. The Kier molecular flexibility index (Phi) is 5.25. The maximum atomic E-state index is 13.2. The molecule has 0 N–H and O–H groups in total. The lowest BCUT2D eigenvalue weighted by Gasteiger charge is -2.19. The van der Waals surface area contributed by atoms with Gasteiger partial charge in [-0.1, -0.05) is 23.4 Å². The molecule has 0 unspecified atom stereocenters. The molecule has 2 aromatic carbocycles. The Balaban J connectivity index is 1.40. The third kappa shape index (κ3) is 3.96. The quantitative estimate of drug-likeness (QED) is 0.472. The highest BCUT2D eigenvalue weighted by molar-refractivity contribution is 7.17. The summed E-state index contributed by atoms with van der Waals surface area (Å²) in [5, 5.41) is 5.69. The minimum atomic E-state index is -0.270. The van der Waals surface area contributed by atoms with Gasteiger partial charge >= 0.3 is 0 Å². The molecule has 1 aliphatic rings. The lowest BCUT2D eigenvalue weighted by atomic mass is 10.0. The molecule has 3 heterocycles. The minimum absolute atomic E-state index is 0.0189. The highest BCUT2D eigenvalue weighted by Crippen LogP contribution is 2.33. The van der Waals surface area contributed by atoms with Gasteiger partial charge in [0.2, 0.25) is 0 Å². The fraction of sp³-hybridized carbons (Fsp3) is 0.261. The molecule has 1 saturated heterocycles. The van der Waals surface area contributed by atoms with E-state index in [1.54, 1.807) is 18.3 Å². The predicted octanol–water partition coefficient (Wildman–Crippen LogP) is 4.54. The van der Waals surface area contributed by atoms with E-state index in [0.29, 0.717) is 21.2 Å². The van der Waals surface area contributed by atoms with Crippen LogP contribution in [0.3, 0.4) is 0 Å². The highest BCUT2D eigenvalue weighted by atomic mass is 32.1. The number of rotatable bonds is 3. The average Bonchev–Trinajstić information content (AvgIpc) is 3.37. The normalized spacial score (nSPS) is 15.4. The standard InChI is InChI=1S/C23H21FN4O2S/c1-27-9-2-10-28(12-11-27)23(29)20-14-25-22(31-20)21-18-8-5-16(13-19(18)30-26-21)15-3-6-17(24)7-4-15/h3-8,13-14H,2,9-12H2,1H3. The first-order chi connectivity index (χ1) is 15.1. The molecule has 4 aromatic rings. The Bertz CT molecular complexity index is 1230. The van der Waals surface area contributed by atoms with Crippen LogP contribution in [0.4, 0.5) is 4.39 Å². The second kappa shape index (κ2) is 8.20. The van der Waals surface area contributed by atoms with Gasteiger partial charge in [-0.15, -0.1) is 11.3 Å². The zero-order valence-corrected chi connectivity index (χ0v) is 17.9. The molecule has 5 rings (SSSR count). The smallest absolute Gasteiger partial charge is 0.265 e. The van der Waals surface area contributed by atoms with Crippen LogP contribution in [0.25, 0.3) is 32.8 Å². The molecular weight excluding hydrogens is 415 g/mol. The van der Waals surface area contributed by atoms with Crippen molar-refractivity contribution >= 4 is 28.2 Å². The highest BCUT2D eigenvalue weighted by Gasteiger charge is 2.23. The summed E-state index contributed by atoms with van der Waals surface area (Å²) < 4.78 is 18.7. The van der Waals surface area contributed by atoms with Crippen LogP contribution in [0, 0.1) is 5.82 Å². The number of likely N-dealkylation sites (N-methyl/N-ethyl adjacent to an activating group) is 1. The van der Waals surface area contributed by atoms with Crippen LogP contribution in [-0.2, 0) is 0 Å². The summed E-state index contributed by atoms with van der Waals surface area (Å²) in [6.07, 6.45) is 2.60. The summed E-state index contributed by atoms with van der Waals surface area (Å²) in [4.78, 5) is 22.1. The molecule has 31 heavy (non-hydrogen) atoms. The van der Waals surface area contributed by atoms with Crippen LogP contribution in [0.5, 0.6) is 0 Å². The average molecular weight is 437 g/mol. The van der Waals surface area contributed by atoms with Crippen LogP contribution < -0.4 is 0 Å². The lowest BCUT2D eigenvalue weighted by molar-refractivity contribution is 0.0767. The molecule has 8 heteroatoms. The van der Waals surface area contributed by atoms with Gasteiger partial charge in [-0.05, 0) is 55.4 Å². The number of amides is 1. The van der Waals surface area contributed by atoms with Crippen LogP contribution in [0.1, 0.15) is 16.1 Å². The number of hydrogen-bond donors (Lipinski definition) is 0. The third-order valence-corrected chi connectivity index (χ3v) is 6.57. The first kappa shape index (κ1) is 19.8. The molecule has 0 atom stereocenters. The van der Waals surface area contributed by atoms with E-state index >= 15 is 0 Å². The van der Waals surface area contributed by atoms with Crippen LogP contribution >= 0.6 is 11.3 Å². The Labute approximate surface area is 182 Å². The molecule has 0 saturated carbocycles. The van der Waals surface area contributed by atoms with Crippen molar-refractivity contribution in [3.63, 3.8) is 0 Å². The van der Waals surface area contributed by atoms with Gasteiger partial charge in [-0.3, -0.25) is 4.79 Å². The van der Waals surface area contributed by atoms with E-state index in [-0.39, 0.29) is 11.7 Å². The fourth-order valence-electron chi connectivity index (χ4n) is 3.80. The van der Waals surface area contributed by atoms with Crippen LogP contribution in [0.15, 0.2) is 53.2 Å². The van der Waals surface area contributed by atoms with Crippen molar-refractivity contribution in [3.05, 3.63) is 59.4 Å². The molecular formula is C23H21FN4O2S. The van der Waals surface area contributed by atoms with Crippen LogP contribution in [-0.4, -0.2) is 59.1 Å². The van der Waals surface area contributed by atoms with E-state index in [2.05, 4.69) is 22.1 Å². The summed E-state index contributed by atoms with van der Waals surface area (Å²) in [6, 6.07) is 12.1. The molecule has 1 fully saturated rings. The Hall–Kier alpha value is -3.10. The summed E-state index contributed by atoms with van der Waals surface area (Å²) in [5.41, 5.74) is 3.05. The van der Waals surface area contributed by atoms with Crippen molar-refractivity contribution in [2.24, 2.45) is 0 Å². The molecule has 0 radical (unpaired) electrons. The van der Waals surface area contributed by atoms with Gasteiger partial charge in [0.1, 0.15) is 21.4 Å². The monoisotopic (exact) mass is 436 g/mol. The van der Waals surface area contributed by atoms with Gasteiger partial charge in [0.25, 0.3) is 5.91 Å². The van der Waals surface area contributed by atoms with Crippen molar-refractivity contribution < 1.29 is 13.7 Å². The van der Waals surface area contributed by atoms with Crippen molar-refractivity contribution in [2.75, 3.05) is 33.2 Å². The predicted molar refractivity (Wildman–Crippen MR) is 119 cm³/mol. The van der Waals surface area contributed by atoms with E-state index in [0.717, 1.165) is 49.1 Å². The largest absolute Gasteiger partial charge is 0.356 e. The zero-order valence-electron chi connectivity index (χ0n) is 17.0. The lowest BCUT2D eigenvalue weighted by Crippen LogP contribution is -2.34. The topological polar surface area (TPSA) is 62.5 Å². The molecule has 1 amide bonds. The maximum Gasteiger partial charge on any atom is 0.265 e. The van der Waals surface area contributed by atoms with E-state index in [1.807, 2.05) is 23.1 Å². The van der Waals surface area contributed by atoms with Gasteiger partial charge in [-0.2, -0.15) is 0 Å². The van der Waals surface area contributed by atoms with Crippen molar-refractivity contribution in [1.82, 2.24) is 19.9 Å². The Morgan fingerprint density at radius 1 is 1.06 bits per heavy atom. The van der Waals surface area contributed by atoms with E-state index in [1.165, 1.54) is 23.5 Å². The number of halogens is 1. The number of carbonyl (C=O) groups excluding carboxylic acids is 1. The fourth-order valence-corrected chi connectivity index (χ4v) is 4.68. The number of hydrogen-bond acceptors (Lipinski definition) is 6. The molecule has 158 valence electrons. The van der Waals surface area contributed by atoms with Crippen LogP contribution in [0.2, 0.25) is 0 Å². The molecule has 1 aliphatic heterocycles. The van der Waals surface area contributed by atoms with Gasteiger partial charge in [0, 0.05) is 19.6 Å². The number of thiazole rings is 1. The van der Waals surface area contributed by atoms with Gasteiger partial charge in [-0.25, -0.2) is 9.37 Å². The van der Waals surface area contributed by atoms with E-state index < -0.39 is 0 Å². The van der Waals surface area contributed by atoms with Crippen molar-refractivity contribution in [3.8, 4) is 21.8 Å². The molecule has 0 spiro atoms. The van der Waals surface area contributed by atoms with E-state index in [4.69, 9.17) is 4.52 Å². The van der Waals surface area contributed by atoms with Gasteiger partial charge < -0.3 is 14.3 Å². The number of benzene rings is 2.